The number of aromatic hydroxyl groups is 2. The number of phenols is 2. The van der Waals surface area contributed by atoms with Gasteiger partial charge in [0, 0.05) is 41.5 Å². The Labute approximate surface area is 229 Å². The van der Waals surface area contributed by atoms with Gasteiger partial charge in [-0.2, -0.15) is 0 Å². The minimum Gasteiger partial charge on any atom is -0.507 e. The van der Waals surface area contributed by atoms with Crippen LogP contribution in [0.25, 0.3) is 0 Å². The molecular weight excluding hydrogens is 528 g/mol. The largest absolute Gasteiger partial charge is 0.507 e. The minimum atomic E-state index is -2.07. The standard InChI is InChI=1S/C28H32O12/c1-9-14(29)4-5-18(38-9)40-16-8-15-20-23(28(16,36)11(3)39-15)27(35)22-21(26(20)34)24(32)13-6-12(7-17(30)31)37-10(2)19(13)25(22)33/h9-12,14-16,18,29,32-33,36H,4-8H2,1-3H3,(H,30,31)/t9-,10-,11-,12+,14-,15+,16+,18-,28+/m0/s1. The number of hydrogen-bond donors (Lipinski definition) is 5. The zero-order valence-corrected chi connectivity index (χ0v) is 22.2. The van der Waals surface area contributed by atoms with E-state index in [1.54, 1.807) is 20.8 Å². The van der Waals surface area contributed by atoms with E-state index in [-0.39, 0.29) is 41.5 Å². The number of Topliss-reactive ketones (excluding diaryl/α,β-unsaturated/α-hetero) is 2. The molecule has 5 N–H and O–H groups in total. The third-order valence-corrected chi connectivity index (χ3v) is 8.97. The number of ketones is 2. The monoisotopic (exact) mass is 560 g/mol. The Kier molecular flexibility index (Phi) is 6.37. The van der Waals surface area contributed by atoms with E-state index in [4.69, 9.17) is 18.9 Å². The van der Waals surface area contributed by atoms with Gasteiger partial charge in [0.1, 0.15) is 17.1 Å². The van der Waals surface area contributed by atoms with Gasteiger partial charge in [-0.3, -0.25) is 14.4 Å². The van der Waals surface area contributed by atoms with E-state index >= 15 is 0 Å². The summed E-state index contributed by atoms with van der Waals surface area (Å²) in [4.78, 5) is 39.3. The number of carbonyl (C=O) groups excluding carboxylic acids is 2. The maximum atomic E-state index is 14.1. The van der Waals surface area contributed by atoms with Gasteiger partial charge in [0.2, 0.25) is 0 Å². The summed E-state index contributed by atoms with van der Waals surface area (Å²) in [5.41, 5.74) is -3.00. The fourth-order valence-corrected chi connectivity index (χ4v) is 7.00. The Morgan fingerprint density at radius 3 is 2.40 bits per heavy atom. The number of rotatable bonds is 4. The molecule has 0 amide bonds. The lowest BCUT2D eigenvalue weighted by atomic mass is 9.63. The molecule has 0 spiro atoms. The van der Waals surface area contributed by atoms with Crippen LogP contribution in [0.15, 0.2) is 11.1 Å². The van der Waals surface area contributed by atoms with Gasteiger partial charge in [-0.05, 0) is 27.2 Å². The van der Waals surface area contributed by atoms with E-state index in [0.29, 0.717) is 12.8 Å². The van der Waals surface area contributed by atoms with Gasteiger partial charge < -0.3 is 44.5 Å². The van der Waals surface area contributed by atoms with Gasteiger partial charge in [-0.15, -0.1) is 0 Å². The summed E-state index contributed by atoms with van der Waals surface area (Å²) in [6, 6.07) is 0. The van der Waals surface area contributed by atoms with E-state index in [0.717, 1.165) is 0 Å². The fourth-order valence-electron chi connectivity index (χ4n) is 7.00. The van der Waals surface area contributed by atoms with Crippen molar-refractivity contribution in [3.8, 4) is 11.5 Å². The quantitative estimate of drug-likeness (QED) is 0.334. The average molecular weight is 561 g/mol. The van der Waals surface area contributed by atoms with Crippen LogP contribution in [-0.4, -0.2) is 91.6 Å². The maximum absolute atomic E-state index is 14.1. The molecule has 40 heavy (non-hydrogen) atoms. The normalized spacial score (nSPS) is 38.6. The van der Waals surface area contributed by atoms with E-state index in [9.17, 15) is 39.9 Å². The predicted molar refractivity (Wildman–Crippen MR) is 133 cm³/mol. The number of aliphatic hydroxyl groups is 2. The van der Waals surface area contributed by atoms with Crippen LogP contribution in [0.2, 0.25) is 0 Å². The number of phenolic OH excluding ortho intramolecular Hbond substituents is 2. The number of carbonyl (C=O) groups is 3. The van der Waals surface area contributed by atoms with Gasteiger partial charge in [0.15, 0.2) is 17.9 Å². The highest BCUT2D eigenvalue weighted by molar-refractivity contribution is 6.30. The smallest absolute Gasteiger partial charge is 0.305 e. The first-order chi connectivity index (χ1) is 18.8. The number of fused-ring (bicyclic) bond motifs is 4. The molecule has 4 heterocycles. The first-order valence-electron chi connectivity index (χ1n) is 13.5. The van der Waals surface area contributed by atoms with Gasteiger partial charge in [-0.1, -0.05) is 0 Å². The van der Waals surface area contributed by atoms with Crippen LogP contribution < -0.4 is 0 Å². The lowest BCUT2D eigenvalue weighted by Gasteiger charge is -2.54. The van der Waals surface area contributed by atoms with Gasteiger partial charge in [-0.25, -0.2) is 0 Å². The summed E-state index contributed by atoms with van der Waals surface area (Å²) < 4.78 is 23.6. The molecule has 7 rings (SSSR count). The molecule has 12 heteroatoms. The van der Waals surface area contributed by atoms with Gasteiger partial charge >= 0.3 is 5.97 Å². The molecule has 0 radical (unpaired) electrons. The number of ether oxygens (including phenoxy) is 4. The van der Waals surface area contributed by atoms with Crippen molar-refractivity contribution in [1.29, 1.82) is 0 Å². The van der Waals surface area contributed by atoms with Crippen LogP contribution >= 0.6 is 0 Å². The molecule has 2 aliphatic carbocycles. The number of aliphatic hydroxyl groups excluding tert-OH is 1. The molecule has 2 fully saturated rings. The zero-order chi connectivity index (χ0) is 28.8. The second-order valence-electron chi connectivity index (χ2n) is 11.4. The Bertz CT molecular complexity index is 1350. The first kappa shape index (κ1) is 27.3. The highest BCUT2D eigenvalue weighted by atomic mass is 16.7. The lowest BCUT2D eigenvalue weighted by molar-refractivity contribution is -0.291. The molecule has 2 saturated heterocycles. The van der Waals surface area contributed by atoms with Crippen molar-refractivity contribution in [1.82, 2.24) is 0 Å². The lowest BCUT2D eigenvalue weighted by Crippen LogP contribution is -2.67. The highest BCUT2D eigenvalue weighted by Crippen LogP contribution is 2.55. The van der Waals surface area contributed by atoms with Crippen molar-refractivity contribution in [3.63, 3.8) is 0 Å². The van der Waals surface area contributed by atoms with E-state index < -0.39 is 94.8 Å². The highest BCUT2D eigenvalue weighted by Gasteiger charge is 2.63. The summed E-state index contributed by atoms with van der Waals surface area (Å²) >= 11 is 0. The summed E-state index contributed by atoms with van der Waals surface area (Å²) in [5.74, 6) is -3.76. The summed E-state index contributed by atoms with van der Waals surface area (Å²) in [5, 5.41) is 53.9. The SMILES string of the molecule is C[C@@H]1O[C@@H](CC(=O)O)Cc2c(O)c3c(c(O)c21)C(=O)C1=C(C3=O)[C@H]2C[C@@H](O[C@H]3CC[C@H](O)[C@H](C)O3)[C@]1(O)[C@H](C)O2. The van der Waals surface area contributed by atoms with Crippen LogP contribution in [0.3, 0.4) is 0 Å². The van der Waals surface area contributed by atoms with E-state index in [2.05, 4.69) is 0 Å². The molecule has 9 atom stereocenters. The van der Waals surface area contributed by atoms with Crippen LogP contribution in [-0.2, 0) is 30.2 Å². The van der Waals surface area contributed by atoms with Gasteiger partial charge in [0.25, 0.3) is 0 Å². The third-order valence-electron chi connectivity index (χ3n) is 8.97. The molecule has 2 bridgehead atoms. The number of benzene rings is 1. The molecule has 0 unspecified atom stereocenters. The second kappa shape index (κ2) is 9.33. The fraction of sp³-hybridized carbons (Fsp3) is 0.607. The maximum Gasteiger partial charge on any atom is 0.305 e. The van der Waals surface area contributed by atoms with Crippen molar-refractivity contribution in [3.05, 3.63) is 33.4 Å². The van der Waals surface area contributed by atoms with Crippen LogP contribution in [0.4, 0.5) is 0 Å². The molecule has 12 nitrogen and oxygen atoms in total. The number of carboxylic acids is 1. The molecule has 6 aliphatic rings. The molecule has 1 aromatic rings. The third kappa shape index (κ3) is 3.77. The van der Waals surface area contributed by atoms with Crippen molar-refractivity contribution in [2.75, 3.05) is 0 Å². The minimum absolute atomic E-state index is 0.0358. The first-order valence-corrected chi connectivity index (χ1v) is 13.5. The van der Waals surface area contributed by atoms with Crippen molar-refractivity contribution >= 4 is 17.5 Å². The Morgan fingerprint density at radius 2 is 1.73 bits per heavy atom. The predicted octanol–water partition coefficient (Wildman–Crippen LogP) is 1.44. The van der Waals surface area contributed by atoms with E-state index in [1.807, 2.05) is 0 Å². The van der Waals surface area contributed by atoms with Crippen LogP contribution in [0.5, 0.6) is 11.5 Å². The van der Waals surface area contributed by atoms with Crippen molar-refractivity contribution in [2.24, 2.45) is 0 Å². The molecule has 4 aliphatic heterocycles. The van der Waals surface area contributed by atoms with Crippen molar-refractivity contribution < 1.29 is 58.9 Å². The average Bonchev–Trinajstić information content (AvgIpc) is 2.87. The summed E-state index contributed by atoms with van der Waals surface area (Å²) in [7, 11) is 0. The van der Waals surface area contributed by atoms with Crippen molar-refractivity contribution in [2.45, 2.75) is 107 Å². The Morgan fingerprint density at radius 1 is 1.02 bits per heavy atom. The number of aliphatic carboxylic acids is 1. The molecule has 1 aromatic carbocycles. The molecule has 216 valence electrons. The molecule has 0 aromatic heterocycles. The van der Waals surface area contributed by atoms with Crippen LogP contribution in [0, 0.1) is 0 Å². The second-order valence-corrected chi connectivity index (χ2v) is 11.4. The topological polar surface area (TPSA) is 189 Å². The zero-order valence-electron chi connectivity index (χ0n) is 22.2. The Balaban J connectivity index is 1.43. The molecule has 0 saturated carbocycles. The number of carboxylic acid groups (broad SMARTS) is 1. The molecular formula is C28H32O12. The van der Waals surface area contributed by atoms with E-state index in [1.165, 1.54) is 0 Å². The summed E-state index contributed by atoms with van der Waals surface area (Å²) in [6.07, 6.45) is -6.08. The van der Waals surface area contributed by atoms with Gasteiger partial charge in [0.05, 0.1) is 60.3 Å². The number of hydrogen-bond acceptors (Lipinski definition) is 11. The van der Waals surface area contributed by atoms with Crippen LogP contribution in [0.1, 0.15) is 84.4 Å². The Hall–Kier alpha value is -2.87. The summed E-state index contributed by atoms with van der Waals surface area (Å²) in [6.45, 7) is 4.83.